The van der Waals surface area contributed by atoms with Gasteiger partial charge in [-0.25, -0.2) is 4.98 Å². The second-order valence-electron chi connectivity index (χ2n) is 5.17. The fraction of sp³-hybridized carbons (Fsp3) is 0.333. The summed E-state index contributed by atoms with van der Waals surface area (Å²) in [5.74, 6) is 0.964. The normalized spacial score (nSPS) is 15.1. The molecule has 5 nitrogen and oxygen atoms in total. The second-order valence-corrected chi connectivity index (χ2v) is 5.17. The summed E-state index contributed by atoms with van der Waals surface area (Å²) in [6.45, 7) is 3.91. The molecule has 0 saturated heterocycles. The minimum atomic E-state index is -0.0188. The van der Waals surface area contributed by atoms with E-state index in [9.17, 15) is 9.90 Å². The quantitative estimate of drug-likeness (QED) is 0.865. The lowest BCUT2D eigenvalue weighted by Gasteiger charge is -2.27. The molecule has 0 aliphatic carbocycles. The van der Waals surface area contributed by atoms with Crippen LogP contribution in [0.1, 0.15) is 22.6 Å². The highest BCUT2D eigenvalue weighted by Crippen LogP contribution is 2.21. The van der Waals surface area contributed by atoms with Crippen molar-refractivity contribution in [3.8, 4) is 5.75 Å². The number of fused-ring (bicyclic) bond motifs is 1. The fourth-order valence-corrected chi connectivity index (χ4v) is 2.64. The molecule has 104 valence electrons. The topological polar surface area (TPSA) is 69.2 Å². The van der Waals surface area contributed by atoms with E-state index >= 15 is 0 Å². The predicted octanol–water partition coefficient (Wildman–Crippen LogP) is 1.34. The van der Waals surface area contributed by atoms with Crippen molar-refractivity contribution in [2.45, 2.75) is 26.4 Å². The standard InChI is InChI=1S/C15H17N3O2/c1-10-16-13-9-18(7-6-12(13)15(20)17-10)8-11-4-2-3-5-14(11)19/h2-5,19H,6-9H2,1H3,(H,16,17,20). The molecule has 0 bridgehead atoms. The lowest BCUT2D eigenvalue weighted by molar-refractivity contribution is 0.237. The Morgan fingerprint density at radius 2 is 2.20 bits per heavy atom. The van der Waals surface area contributed by atoms with Crippen molar-refractivity contribution < 1.29 is 5.11 Å². The van der Waals surface area contributed by atoms with Crippen LogP contribution in [0.5, 0.6) is 5.75 Å². The maximum atomic E-state index is 11.8. The molecule has 20 heavy (non-hydrogen) atoms. The van der Waals surface area contributed by atoms with E-state index in [4.69, 9.17) is 0 Å². The summed E-state index contributed by atoms with van der Waals surface area (Å²) in [7, 11) is 0. The Hall–Kier alpha value is -2.14. The van der Waals surface area contributed by atoms with Gasteiger partial charge in [0.15, 0.2) is 0 Å². The van der Waals surface area contributed by atoms with Gasteiger partial charge in [-0.2, -0.15) is 0 Å². The Morgan fingerprint density at radius 3 is 3.00 bits per heavy atom. The van der Waals surface area contributed by atoms with Crippen LogP contribution >= 0.6 is 0 Å². The Bertz CT molecular complexity index is 694. The van der Waals surface area contributed by atoms with Crippen LogP contribution in [0.2, 0.25) is 0 Å². The van der Waals surface area contributed by atoms with Gasteiger partial charge in [0.2, 0.25) is 0 Å². The van der Waals surface area contributed by atoms with Gasteiger partial charge in [0.25, 0.3) is 5.56 Å². The zero-order valence-corrected chi connectivity index (χ0v) is 11.4. The number of aryl methyl sites for hydroxylation is 1. The third kappa shape index (κ3) is 2.44. The van der Waals surface area contributed by atoms with Gasteiger partial charge in [-0.1, -0.05) is 18.2 Å². The maximum absolute atomic E-state index is 11.8. The molecule has 0 radical (unpaired) electrons. The number of phenols is 1. The van der Waals surface area contributed by atoms with E-state index in [-0.39, 0.29) is 5.56 Å². The van der Waals surface area contributed by atoms with Gasteiger partial charge in [0, 0.05) is 30.8 Å². The summed E-state index contributed by atoms with van der Waals surface area (Å²) >= 11 is 0. The van der Waals surface area contributed by atoms with Crippen molar-refractivity contribution in [2.75, 3.05) is 6.54 Å². The average molecular weight is 271 g/mol. The molecule has 5 heteroatoms. The predicted molar refractivity (Wildman–Crippen MR) is 75.5 cm³/mol. The Kier molecular flexibility index (Phi) is 3.28. The first-order valence-corrected chi connectivity index (χ1v) is 6.71. The summed E-state index contributed by atoms with van der Waals surface area (Å²) in [6, 6.07) is 7.34. The number of H-pyrrole nitrogens is 1. The second kappa shape index (κ2) is 5.09. The van der Waals surface area contributed by atoms with Gasteiger partial charge in [0.1, 0.15) is 11.6 Å². The number of aromatic amines is 1. The van der Waals surface area contributed by atoms with Crippen LogP contribution in [0.15, 0.2) is 29.1 Å². The molecule has 2 N–H and O–H groups in total. The van der Waals surface area contributed by atoms with E-state index in [0.29, 0.717) is 31.1 Å². The fourth-order valence-electron chi connectivity index (χ4n) is 2.64. The van der Waals surface area contributed by atoms with Crippen LogP contribution in [0.3, 0.4) is 0 Å². The summed E-state index contributed by atoms with van der Waals surface area (Å²) in [5.41, 5.74) is 2.53. The average Bonchev–Trinajstić information content (AvgIpc) is 2.41. The third-order valence-electron chi connectivity index (χ3n) is 3.66. The van der Waals surface area contributed by atoms with Gasteiger partial charge in [0.05, 0.1) is 5.69 Å². The molecule has 2 aromatic rings. The molecule has 0 atom stereocenters. The van der Waals surface area contributed by atoms with Gasteiger partial charge in [-0.15, -0.1) is 0 Å². The van der Waals surface area contributed by atoms with Crippen molar-refractivity contribution in [2.24, 2.45) is 0 Å². The summed E-state index contributed by atoms with van der Waals surface area (Å²) in [6.07, 6.45) is 0.700. The highest BCUT2D eigenvalue weighted by molar-refractivity contribution is 5.32. The number of hydrogen-bond donors (Lipinski definition) is 2. The van der Waals surface area contributed by atoms with Crippen molar-refractivity contribution in [3.05, 3.63) is 57.3 Å². The number of nitrogens with one attached hydrogen (secondary N) is 1. The number of aromatic hydroxyl groups is 1. The molecule has 3 rings (SSSR count). The molecule has 1 aromatic carbocycles. The van der Waals surface area contributed by atoms with Gasteiger partial charge < -0.3 is 10.1 Å². The number of benzene rings is 1. The molecule has 1 aliphatic heterocycles. The highest BCUT2D eigenvalue weighted by atomic mass is 16.3. The van der Waals surface area contributed by atoms with E-state index in [1.807, 2.05) is 18.2 Å². The van der Waals surface area contributed by atoms with Crippen molar-refractivity contribution in [1.29, 1.82) is 0 Å². The van der Waals surface area contributed by atoms with Crippen molar-refractivity contribution >= 4 is 0 Å². The molecule has 0 unspecified atom stereocenters. The Balaban J connectivity index is 1.82. The first kappa shape index (κ1) is 12.9. The minimum Gasteiger partial charge on any atom is -0.508 e. The zero-order chi connectivity index (χ0) is 14.1. The van der Waals surface area contributed by atoms with Crippen LogP contribution in [-0.2, 0) is 19.5 Å². The number of phenolic OH excluding ortho intramolecular Hbond substituents is 1. The molecular formula is C15H17N3O2. The molecule has 0 amide bonds. The van der Waals surface area contributed by atoms with E-state index in [1.54, 1.807) is 13.0 Å². The Labute approximate surface area is 116 Å². The van der Waals surface area contributed by atoms with E-state index in [1.165, 1.54) is 0 Å². The SMILES string of the molecule is Cc1nc2c(c(=O)[nH]1)CCN(Cc1ccccc1O)C2. The summed E-state index contributed by atoms with van der Waals surface area (Å²) < 4.78 is 0. The van der Waals surface area contributed by atoms with Crippen molar-refractivity contribution in [3.63, 3.8) is 0 Å². The van der Waals surface area contributed by atoms with Crippen LogP contribution in [0.4, 0.5) is 0 Å². The minimum absolute atomic E-state index is 0.0188. The first-order chi connectivity index (χ1) is 9.63. The molecule has 0 fully saturated rings. The van der Waals surface area contributed by atoms with E-state index in [0.717, 1.165) is 23.4 Å². The Morgan fingerprint density at radius 1 is 1.40 bits per heavy atom. The third-order valence-corrected chi connectivity index (χ3v) is 3.66. The van der Waals surface area contributed by atoms with Crippen LogP contribution in [0, 0.1) is 6.92 Å². The molecule has 1 aromatic heterocycles. The maximum Gasteiger partial charge on any atom is 0.254 e. The molecule has 2 heterocycles. The largest absolute Gasteiger partial charge is 0.508 e. The zero-order valence-electron chi connectivity index (χ0n) is 11.4. The van der Waals surface area contributed by atoms with Crippen LogP contribution in [-0.4, -0.2) is 26.5 Å². The molecule has 1 aliphatic rings. The first-order valence-electron chi connectivity index (χ1n) is 6.71. The molecular weight excluding hydrogens is 254 g/mol. The monoisotopic (exact) mass is 271 g/mol. The van der Waals surface area contributed by atoms with Gasteiger partial charge in [-0.05, 0) is 19.4 Å². The number of aromatic nitrogens is 2. The lowest BCUT2D eigenvalue weighted by Crippen LogP contribution is -2.35. The van der Waals surface area contributed by atoms with Gasteiger partial charge in [-0.3, -0.25) is 9.69 Å². The summed E-state index contributed by atoms with van der Waals surface area (Å²) in [4.78, 5) is 21.2. The smallest absolute Gasteiger partial charge is 0.254 e. The number of nitrogens with zero attached hydrogens (tertiary/aromatic N) is 2. The number of hydrogen-bond acceptors (Lipinski definition) is 4. The van der Waals surface area contributed by atoms with Crippen LogP contribution in [0.25, 0.3) is 0 Å². The van der Waals surface area contributed by atoms with E-state index < -0.39 is 0 Å². The highest BCUT2D eigenvalue weighted by Gasteiger charge is 2.21. The van der Waals surface area contributed by atoms with Crippen LogP contribution < -0.4 is 5.56 Å². The summed E-state index contributed by atoms with van der Waals surface area (Å²) in [5, 5.41) is 9.83. The number of para-hydroxylation sites is 1. The number of rotatable bonds is 2. The lowest BCUT2D eigenvalue weighted by atomic mass is 10.1. The molecule has 0 saturated carbocycles. The molecule has 0 spiro atoms. The van der Waals surface area contributed by atoms with Gasteiger partial charge >= 0.3 is 0 Å². The van der Waals surface area contributed by atoms with Crippen molar-refractivity contribution in [1.82, 2.24) is 14.9 Å². The van der Waals surface area contributed by atoms with E-state index in [2.05, 4.69) is 14.9 Å².